The Kier molecular flexibility index (Phi) is 4.14. The van der Waals surface area contributed by atoms with Crippen molar-refractivity contribution in [3.63, 3.8) is 0 Å². The van der Waals surface area contributed by atoms with Crippen molar-refractivity contribution in [1.82, 2.24) is 10.2 Å². The van der Waals surface area contributed by atoms with Crippen molar-refractivity contribution in [2.45, 2.75) is 10.1 Å². The van der Waals surface area contributed by atoms with Gasteiger partial charge in [-0.3, -0.25) is 0 Å². The molecule has 0 aliphatic rings. The lowest BCUT2D eigenvalue weighted by Gasteiger charge is -1.99. The van der Waals surface area contributed by atoms with Crippen LogP contribution in [0.1, 0.15) is 0 Å². The summed E-state index contributed by atoms with van der Waals surface area (Å²) in [7, 11) is 0. The SMILES string of the molecule is Fc1ccc(Sc2nnc(-c3ccc(Cl)cc3Cl)o2)cc1. The maximum Gasteiger partial charge on any atom is 0.281 e. The molecule has 0 N–H and O–H groups in total. The first-order chi connectivity index (χ1) is 10.1. The van der Waals surface area contributed by atoms with Gasteiger partial charge in [0.1, 0.15) is 5.82 Å². The zero-order chi connectivity index (χ0) is 14.8. The van der Waals surface area contributed by atoms with Crippen LogP contribution in [-0.4, -0.2) is 10.2 Å². The lowest BCUT2D eigenvalue weighted by Crippen LogP contribution is -1.79. The zero-order valence-corrected chi connectivity index (χ0v) is 12.7. The highest BCUT2D eigenvalue weighted by molar-refractivity contribution is 7.99. The van der Waals surface area contributed by atoms with E-state index in [-0.39, 0.29) is 5.82 Å². The molecule has 0 bridgehead atoms. The summed E-state index contributed by atoms with van der Waals surface area (Å²) in [5.74, 6) is 0.0137. The highest BCUT2D eigenvalue weighted by Crippen LogP contribution is 2.33. The topological polar surface area (TPSA) is 38.9 Å². The van der Waals surface area contributed by atoms with Crippen LogP contribution in [0.25, 0.3) is 11.5 Å². The fourth-order valence-electron chi connectivity index (χ4n) is 1.63. The van der Waals surface area contributed by atoms with Crippen LogP contribution >= 0.6 is 35.0 Å². The molecule has 0 spiro atoms. The van der Waals surface area contributed by atoms with Crippen molar-refractivity contribution in [1.29, 1.82) is 0 Å². The van der Waals surface area contributed by atoms with Crippen molar-refractivity contribution in [2.75, 3.05) is 0 Å². The normalized spacial score (nSPS) is 10.8. The summed E-state index contributed by atoms with van der Waals surface area (Å²) in [5.41, 5.74) is 0.611. The smallest absolute Gasteiger partial charge is 0.281 e. The lowest BCUT2D eigenvalue weighted by atomic mass is 10.2. The summed E-state index contributed by atoms with van der Waals surface area (Å²) < 4.78 is 18.4. The van der Waals surface area contributed by atoms with Gasteiger partial charge in [0.15, 0.2) is 0 Å². The van der Waals surface area contributed by atoms with Crippen LogP contribution in [0.2, 0.25) is 10.0 Å². The second-order valence-corrected chi connectivity index (χ2v) is 5.92. The van der Waals surface area contributed by atoms with E-state index in [0.29, 0.717) is 26.7 Å². The molecule has 3 nitrogen and oxygen atoms in total. The van der Waals surface area contributed by atoms with Gasteiger partial charge in [-0.1, -0.05) is 23.2 Å². The van der Waals surface area contributed by atoms with E-state index in [2.05, 4.69) is 10.2 Å². The van der Waals surface area contributed by atoms with Crippen LogP contribution in [0.15, 0.2) is 57.0 Å². The maximum absolute atomic E-state index is 12.8. The van der Waals surface area contributed by atoms with E-state index in [1.165, 1.54) is 23.9 Å². The van der Waals surface area contributed by atoms with E-state index in [1.54, 1.807) is 30.3 Å². The van der Waals surface area contributed by atoms with E-state index >= 15 is 0 Å². The minimum atomic E-state index is -0.293. The Morgan fingerprint density at radius 2 is 1.76 bits per heavy atom. The van der Waals surface area contributed by atoms with Gasteiger partial charge < -0.3 is 4.42 Å². The summed E-state index contributed by atoms with van der Waals surface area (Å²) in [5, 5.41) is 9.20. The van der Waals surface area contributed by atoms with Crippen LogP contribution in [0.3, 0.4) is 0 Å². The molecule has 0 fully saturated rings. The molecular formula is C14H7Cl2FN2OS. The fourth-order valence-corrected chi connectivity index (χ4v) is 2.79. The number of benzene rings is 2. The van der Waals surface area contributed by atoms with Gasteiger partial charge in [-0.2, -0.15) is 0 Å². The van der Waals surface area contributed by atoms with Gasteiger partial charge in [-0.25, -0.2) is 4.39 Å². The second kappa shape index (κ2) is 6.05. The summed E-state index contributed by atoms with van der Waals surface area (Å²) in [6.07, 6.45) is 0. The monoisotopic (exact) mass is 340 g/mol. The Hall–Kier alpha value is -1.56. The predicted molar refractivity (Wildman–Crippen MR) is 80.3 cm³/mol. The molecule has 0 aliphatic carbocycles. The number of hydrogen-bond acceptors (Lipinski definition) is 4. The molecule has 3 rings (SSSR count). The minimum absolute atomic E-state index is 0.293. The Balaban J connectivity index is 1.84. The van der Waals surface area contributed by atoms with Crippen LogP contribution in [0.5, 0.6) is 0 Å². The second-order valence-electron chi connectivity index (χ2n) is 4.05. The molecule has 0 unspecified atom stereocenters. The molecule has 0 radical (unpaired) electrons. The van der Waals surface area contributed by atoms with Gasteiger partial charge in [0, 0.05) is 9.92 Å². The third kappa shape index (κ3) is 3.37. The van der Waals surface area contributed by atoms with E-state index < -0.39 is 0 Å². The summed E-state index contributed by atoms with van der Waals surface area (Å²) in [4.78, 5) is 0.800. The number of halogens is 3. The maximum atomic E-state index is 12.8. The first-order valence-electron chi connectivity index (χ1n) is 5.84. The van der Waals surface area contributed by atoms with E-state index in [4.69, 9.17) is 27.6 Å². The van der Waals surface area contributed by atoms with Gasteiger partial charge in [-0.05, 0) is 54.2 Å². The molecule has 7 heteroatoms. The molecule has 3 aromatic rings. The number of aromatic nitrogens is 2. The Labute approximate surface area is 134 Å². The average molecular weight is 341 g/mol. The third-order valence-corrected chi connectivity index (χ3v) is 3.98. The van der Waals surface area contributed by atoms with Gasteiger partial charge in [-0.15, -0.1) is 10.2 Å². The minimum Gasteiger partial charge on any atom is -0.411 e. The first-order valence-corrected chi connectivity index (χ1v) is 7.41. The highest BCUT2D eigenvalue weighted by Gasteiger charge is 2.13. The molecule has 2 aromatic carbocycles. The van der Waals surface area contributed by atoms with Crippen molar-refractivity contribution >= 4 is 35.0 Å². The Morgan fingerprint density at radius 3 is 2.48 bits per heavy atom. The largest absolute Gasteiger partial charge is 0.411 e. The summed E-state index contributed by atoms with van der Waals surface area (Å²) in [6.45, 7) is 0. The van der Waals surface area contributed by atoms with Crippen molar-refractivity contribution in [2.24, 2.45) is 0 Å². The molecule has 21 heavy (non-hydrogen) atoms. The first kappa shape index (κ1) is 14.4. The van der Waals surface area contributed by atoms with Crippen LogP contribution in [0, 0.1) is 5.82 Å². The Bertz CT molecular complexity index is 777. The molecule has 1 heterocycles. The average Bonchev–Trinajstić information content (AvgIpc) is 2.90. The molecule has 106 valence electrons. The molecular weight excluding hydrogens is 334 g/mol. The van der Waals surface area contributed by atoms with E-state index in [9.17, 15) is 4.39 Å². The Morgan fingerprint density at radius 1 is 1.00 bits per heavy atom. The van der Waals surface area contributed by atoms with E-state index in [0.717, 1.165) is 4.90 Å². The third-order valence-electron chi connectivity index (χ3n) is 2.59. The molecule has 0 atom stereocenters. The number of rotatable bonds is 3. The molecule has 0 saturated carbocycles. The van der Waals surface area contributed by atoms with Crippen LogP contribution in [0.4, 0.5) is 4.39 Å². The van der Waals surface area contributed by atoms with Crippen molar-refractivity contribution < 1.29 is 8.81 Å². The molecule has 0 aliphatic heterocycles. The molecule has 1 aromatic heterocycles. The summed E-state index contributed by atoms with van der Waals surface area (Å²) >= 11 is 13.2. The van der Waals surface area contributed by atoms with E-state index in [1.807, 2.05) is 0 Å². The molecule has 0 saturated heterocycles. The quantitative estimate of drug-likeness (QED) is 0.645. The van der Waals surface area contributed by atoms with Crippen LogP contribution < -0.4 is 0 Å². The highest BCUT2D eigenvalue weighted by atomic mass is 35.5. The van der Waals surface area contributed by atoms with Gasteiger partial charge >= 0.3 is 0 Å². The van der Waals surface area contributed by atoms with Crippen molar-refractivity contribution in [3.05, 3.63) is 58.3 Å². The van der Waals surface area contributed by atoms with Gasteiger partial charge in [0.25, 0.3) is 5.22 Å². The standard InChI is InChI=1S/C14H7Cl2FN2OS/c15-8-1-6-11(12(16)7-8)13-18-19-14(20-13)21-10-4-2-9(17)3-5-10/h1-7H. The van der Waals surface area contributed by atoms with Gasteiger partial charge in [0.05, 0.1) is 10.6 Å². The lowest BCUT2D eigenvalue weighted by molar-refractivity contribution is 0.466. The molecule has 0 amide bonds. The van der Waals surface area contributed by atoms with Gasteiger partial charge in [0.2, 0.25) is 5.89 Å². The predicted octanol–water partition coefficient (Wildman–Crippen LogP) is 5.33. The number of nitrogens with zero attached hydrogens (tertiary/aromatic N) is 2. The number of hydrogen-bond donors (Lipinski definition) is 0. The van der Waals surface area contributed by atoms with Crippen molar-refractivity contribution in [3.8, 4) is 11.5 Å². The zero-order valence-electron chi connectivity index (χ0n) is 10.4. The summed E-state index contributed by atoms with van der Waals surface area (Å²) in [6, 6.07) is 11.0. The van der Waals surface area contributed by atoms with Crippen LogP contribution in [-0.2, 0) is 0 Å². The fraction of sp³-hybridized carbons (Fsp3) is 0.